The Bertz CT molecular complexity index is 1870. The van der Waals surface area contributed by atoms with Gasteiger partial charge < -0.3 is 4.40 Å². The third-order valence-corrected chi connectivity index (χ3v) is 10.6. The minimum atomic E-state index is 0.392. The first kappa shape index (κ1) is 20.0. The van der Waals surface area contributed by atoms with E-state index < -0.39 is 0 Å². The van der Waals surface area contributed by atoms with Crippen LogP contribution in [0.1, 0.15) is 55.2 Å². The van der Waals surface area contributed by atoms with Crippen molar-refractivity contribution in [3.63, 3.8) is 0 Å². The van der Waals surface area contributed by atoms with E-state index in [1.54, 1.807) is 5.56 Å². The van der Waals surface area contributed by atoms with Crippen molar-refractivity contribution in [3.05, 3.63) is 71.4 Å². The lowest BCUT2D eigenvalue weighted by Gasteiger charge is -2.57. The number of hydrogen-bond acceptors (Lipinski definition) is 0. The molecule has 3 aromatic carbocycles. The summed E-state index contributed by atoms with van der Waals surface area (Å²) in [5.74, 6) is 2.87. The number of nitrogens with zero attached hydrogens (tertiary/aromatic N) is 2. The predicted octanol–water partition coefficient (Wildman–Crippen LogP) is 7.90. The van der Waals surface area contributed by atoms with Crippen molar-refractivity contribution in [1.82, 2.24) is 4.40 Å². The van der Waals surface area contributed by atoms with Crippen molar-refractivity contribution in [1.29, 1.82) is 0 Å². The van der Waals surface area contributed by atoms with Crippen LogP contribution in [0, 0.1) is 31.6 Å². The van der Waals surface area contributed by atoms with Crippen LogP contribution in [0.5, 0.6) is 0 Å². The van der Waals surface area contributed by atoms with Crippen LogP contribution >= 0.6 is 0 Å². The molecule has 0 radical (unpaired) electrons. The quantitative estimate of drug-likeness (QED) is 0.131. The Morgan fingerprint density at radius 3 is 2.28 bits per heavy atom. The van der Waals surface area contributed by atoms with Gasteiger partial charge in [-0.25, -0.2) is 4.57 Å². The molecule has 3 heterocycles. The molecule has 2 nitrogen and oxygen atoms in total. The molecular formula is C34H33N2+. The minimum Gasteiger partial charge on any atom is -0.307 e. The zero-order valence-corrected chi connectivity index (χ0v) is 21.6. The van der Waals surface area contributed by atoms with Crippen LogP contribution in [0.25, 0.3) is 49.0 Å². The molecule has 0 unspecified atom stereocenters. The van der Waals surface area contributed by atoms with Gasteiger partial charge in [-0.15, -0.1) is 0 Å². The lowest BCUT2D eigenvalue weighted by atomic mass is 9.48. The lowest BCUT2D eigenvalue weighted by Crippen LogP contribution is -2.48. The Hall–Kier alpha value is -3.13. The zero-order valence-electron chi connectivity index (χ0n) is 21.6. The van der Waals surface area contributed by atoms with Gasteiger partial charge in [-0.2, -0.15) is 0 Å². The fraction of sp³-hybridized carbons (Fsp3) is 0.382. The van der Waals surface area contributed by atoms with E-state index in [4.69, 9.17) is 0 Å². The molecule has 0 amide bonds. The summed E-state index contributed by atoms with van der Waals surface area (Å²) in [6, 6.07) is 19.4. The van der Waals surface area contributed by atoms with Crippen molar-refractivity contribution in [2.24, 2.45) is 24.8 Å². The van der Waals surface area contributed by atoms with Gasteiger partial charge in [-0.05, 0) is 116 Å². The summed E-state index contributed by atoms with van der Waals surface area (Å²) >= 11 is 0. The van der Waals surface area contributed by atoms with E-state index in [-0.39, 0.29) is 0 Å². The molecule has 4 bridgehead atoms. The maximum Gasteiger partial charge on any atom is 0.224 e. The molecule has 0 aliphatic heterocycles. The summed E-state index contributed by atoms with van der Waals surface area (Å²) < 4.78 is 5.00. The number of fused-ring (bicyclic) bond motifs is 5. The third-order valence-electron chi connectivity index (χ3n) is 10.6. The Morgan fingerprint density at radius 2 is 1.53 bits per heavy atom. The molecule has 3 aromatic heterocycles. The first-order valence-electron chi connectivity index (χ1n) is 14.0. The highest BCUT2D eigenvalue weighted by atomic mass is 15.0. The maximum absolute atomic E-state index is 2.64. The molecule has 178 valence electrons. The number of aryl methyl sites for hydroxylation is 3. The number of rotatable bonds is 1. The topological polar surface area (TPSA) is 8.29 Å². The van der Waals surface area contributed by atoms with Crippen molar-refractivity contribution < 1.29 is 4.57 Å². The van der Waals surface area contributed by atoms with Gasteiger partial charge in [0, 0.05) is 16.8 Å². The van der Waals surface area contributed by atoms with Crippen LogP contribution in [0.4, 0.5) is 0 Å². The van der Waals surface area contributed by atoms with E-state index in [9.17, 15) is 0 Å². The lowest BCUT2D eigenvalue weighted by molar-refractivity contribution is -0.643. The second-order valence-electron chi connectivity index (χ2n) is 12.9. The first-order chi connectivity index (χ1) is 17.5. The van der Waals surface area contributed by atoms with Gasteiger partial charge >= 0.3 is 0 Å². The summed E-state index contributed by atoms with van der Waals surface area (Å²) in [5, 5.41) is 7.02. The molecule has 0 atom stereocenters. The number of aromatic nitrogens is 2. The van der Waals surface area contributed by atoms with E-state index in [1.807, 2.05) is 0 Å². The van der Waals surface area contributed by atoms with Gasteiger partial charge in [-0.1, -0.05) is 23.8 Å². The van der Waals surface area contributed by atoms with Crippen LogP contribution in [0.15, 0.2) is 54.7 Å². The van der Waals surface area contributed by atoms with Gasteiger partial charge in [0.15, 0.2) is 6.20 Å². The predicted molar refractivity (Wildman–Crippen MR) is 149 cm³/mol. The Balaban J connectivity index is 1.50. The molecule has 4 aliphatic carbocycles. The molecule has 4 fully saturated rings. The average molecular weight is 470 g/mol. The van der Waals surface area contributed by atoms with Gasteiger partial charge in [0.2, 0.25) is 5.52 Å². The normalized spacial score (nSPS) is 27.6. The molecule has 2 heteroatoms. The van der Waals surface area contributed by atoms with E-state index in [0.29, 0.717) is 5.41 Å². The fourth-order valence-corrected chi connectivity index (χ4v) is 9.60. The van der Waals surface area contributed by atoms with Crippen LogP contribution in [-0.2, 0) is 12.5 Å². The average Bonchev–Trinajstić information content (AvgIpc) is 3.17. The summed E-state index contributed by atoms with van der Waals surface area (Å²) in [5.41, 5.74) is 10.3. The largest absolute Gasteiger partial charge is 0.307 e. The second-order valence-corrected chi connectivity index (χ2v) is 12.9. The third kappa shape index (κ3) is 2.32. The van der Waals surface area contributed by atoms with E-state index in [0.717, 1.165) is 17.8 Å². The molecule has 0 N–H and O–H groups in total. The van der Waals surface area contributed by atoms with Crippen LogP contribution in [0.3, 0.4) is 0 Å². The molecule has 36 heavy (non-hydrogen) atoms. The summed E-state index contributed by atoms with van der Waals surface area (Å²) in [7, 11) is 2.23. The second kappa shape index (κ2) is 6.40. The van der Waals surface area contributed by atoms with Crippen LogP contribution in [-0.4, -0.2) is 4.40 Å². The minimum absolute atomic E-state index is 0.392. The molecule has 4 saturated carbocycles. The highest BCUT2D eigenvalue weighted by Gasteiger charge is 2.51. The number of hydrogen-bond donors (Lipinski definition) is 0. The van der Waals surface area contributed by atoms with Crippen molar-refractivity contribution in [2.45, 2.75) is 57.8 Å². The van der Waals surface area contributed by atoms with Crippen LogP contribution in [0.2, 0.25) is 0 Å². The number of pyridine rings is 2. The smallest absolute Gasteiger partial charge is 0.224 e. The highest BCUT2D eigenvalue weighted by molar-refractivity contribution is 6.25. The fourth-order valence-electron chi connectivity index (χ4n) is 9.60. The Labute approximate surface area is 211 Å². The summed E-state index contributed by atoms with van der Waals surface area (Å²) in [6.07, 6.45) is 11.0. The van der Waals surface area contributed by atoms with Crippen molar-refractivity contribution in [2.75, 3.05) is 0 Å². The number of benzene rings is 3. The van der Waals surface area contributed by atoms with Crippen LogP contribution < -0.4 is 4.57 Å². The highest BCUT2D eigenvalue weighted by Crippen LogP contribution is 2.61. The molecule has 0 spiro atoms. The Kier molecular flexibility index (Phi) is 3.56. The van der Waals surface area contributed by atoms with Gasteiger partial charge in [0.05, 0.1) is 27.3 Å². The molecule has 10 rings (SSSR count). The van der Waals surface area contributed by atoms with Crippen molar-refractivity contribution in [3.8, 4) is 0 Å². The Morgan fingerprint density at radius 1 is 0.778 bits per heavy atom. The molecule has 0 saturated heterocycles. The van der Waals surface area contributed by atoms with Gasteiger partial charge in [0.25, 0.3) is 0 Å². The van der Waals surface area contributed by atoms with E-state index in [2.05, 4.69) is 84.6 Å². The van der Waals surface area contributed by atoms with E-state index in [1.165, 1.54) is 98.6 Å². The zero-order chi connectivity index (χ0) is 23.9. The maximum atomic E-state index is 2.64. The summed E-state index contributed by atoms with van der Waals surface area (Å²) in [4.78, 5) is 0. The standard InChI is InChI=1S/C34H33N2/c1-19-4-7-28-27(10-19)26-6-5-20(2)30-32(26)36(28)29-15-25(14-24-8-9-35(3)33(30)31(24)29)34-16-21-11-22(17-34)13-23(12-21)18-34/h4-10,14-15,21-23H,11-13,16-18H2,1-3H3/q+1. The molecule has 6 aromatic rings. The van der Waals surface area contributed by atoms with Gasteiger partial charge in [-0.3, -0.25) is 0 Å². The van der Waals surface area contributed by atoms with E-state index >= 15 is 0 Å². The summed E-state index contributed by atoms with van der Waals surface area (Å²) in [6.45, 7) is 4.51. The van der Waals surface area contributed by atoms with Crippen molar-refractivity contribution >= 4 is 49.0 Å². The SMILES string of the molecule is Cc1ccc2c(c1)c1ccc(C)c3c1n2c1cc(C24CC5CC(CC(C5)C2)C4)cc2cc[n+](C)c3c21. The van der Waals surface area contributed by atoms with Gasteiger partial charge in [0.1, 0.15) is 7.05 Å². The molecular weight excluding hydrogens is 436 g/mol. The first-order valence-corrected chi connectivity index (χ1v) is 14.0. The molecule has 4 aliphatic rings. The monoisotopic (exact) mass is 469 g/mol.